The van der Waals surface area contributed by atoms with Crippen LogP contribution < -0.4 is 11.1 Å². The fourth-order valence-corrected chi connectivity index (χ4v) is 1.04. The van der Waals surface area contributed by atoms with Crippen LogP contribution in [0, 0.1) is 5.92 Å². The summed E-state index contributed by atoms with van der Waals surface area (Å²) in [6.45, 7) is 6.49. The van der Waals surface area contributed by atoms with Crippen LogP contribution in [0.15, 0.2) is 0 Å². The van der Waals surface area contributed by atoms with Gasteiger partial charge in [0.15, 0.2) is 0 Å². The minimum Gasteiger partial charge on any atom is -0.380 e. The zero-order chi connectivity index (χ0) is 10.4. The smallest absolute Gasteiger partial charge is 0.234 e. The number of hydrogen-bond acceptors (Lipinski definition) is 3. The highest BCUT2D eigenvalue weighted by molar-refractivity contribution is 5.80. The highest BCUT2D eigenvalue weighted by atomic mass is 16.5. The molecule has 0 aromatic heterocycles. The van der Waals surface area contributed by atoms with Gasteiger partial charge in [-0.3, -0.25) is 4.79 Å². The molecule has 0 fully saturated rings. The first-order valence-electron chi connectivity index (χ1n) is 4.54. The molecule has 2 atom stereocenters. The number of carbonyl (C=O) groups excluding carboxylic acids is 1. The van der Waals surface area contributed by atoms with E-state index in [-0.39, 0.29) is 24.0 Å². The monoisotopic (exact) mass is 188 g/mol. The number of hydrogen-bond donors (Lipinski definition) is 2. The second-order valence-corrected chi connectivity index (χ2v) is 3.58. The Bertz CT molecular complexity index is 160. The van der Waals surface area contributed by atoms with Crippen LogP contribution in [-0.4, -0.2) is 31.7 Å². The van der Waals surface area contributed by atoms with Gasteiger partial charge in [-0.25, -0.2) is 0 Å². The Labute approximate surface area is 79.8 Å². The lowest BCUT2D eigenvalue weighted by Gasteiger charge is -2.20. The van der Waals surface area contributed by atoms with Crippen molar-refractivity contribution < 1.29 is 9.53 Å². The maximum absolute atomic E-state index is 11.0. The summed E-state index contributed by atoms with van der Waals surface area (Å²) in [6, 6.07) is -0.266. The Kier molecular flexibility index (Phi) is 5.66. The molecule has 0 saturated carbocycles. The second kappa shape index (κ2) is 5.94. The standard InChI is InChI=1S/C9H20N2O2/c1-6(2)8(9(10)12)11-5-7(3)13-4/h6-8,11H,5H2,1-4H3,(H2,10,12). The molecule has 0 aromatic carbocycles. The Hall–Kier alpha value is -0.610. The Balaban J connectivity index is 3.90. The lowest BCUT2D eigenvalue weighted by atomic mass is 10.0. The highest BCUT2D eigenvalue weighted by Crippen LogP contribution is 2.00. The van der Waals surface area contributed by atoms with Crippen LogP contribution in [0.5, 0.6) is 0 Å². The van der Waals surface area contributed by atoms with Gasteiger partial charge >= 0.3 is 0 Å². The summed E-state index contributed by atoms with van der Waals surface area (Å²) in [5.41, 5.74) is 5.22. The van der Waals surface area contributed by atoms with Gasteiger partial charge in [0.25, 0.3) is 0 Å². The molecule has 0 aromatic rings. The van der Waals surface area contributed by atoms with Crippen LogP contribution >= 0.6 is 0 Å². The van der Waals surface area contributed by atoms with E-state index in [0.29, 0.717) is 6.54 Å². The summed E-state index contributed by atoms with van der Waals surface area (Å²) < 4.78 is 5.05. The number of amides is 1. The van der Waals surface area contributed by atoms with Crippen LogP contribution in [0.3, 0.4) is 0 Å². The average Bonchev–Trinajstić information content (AvgIpc) is 2.03. The third-order valence-corrected chi connectivity index (χ3v) is 2.00. The summed E-state index contributed by atoms with van der Waals surface area (Å²) in [5, 5.41) is 3.07. The molecule has 0 radical (unpaired) electrons. The number of ether oxygens (including phenoxy) is 1. The van der Waals surface area contributed by atoms with E-state index < -0.39 is 0 Å². The summed E-state index contributed by atoms with van der Waals surface area (Å²) in [4.78, 5) is 11.0. The molecule has 0 rings (SSSR count). The fraction of sp³-hybridized carbons (Fsp3) is 0.889. The van der Waals surface area contributed by atoms with E-state index in [1.807, 2.05) is 20.8 Å². The van der Waals surface area contributed by atoms with E-state index >= 15 is 0 Å². The third-order valence-electron chi connectivity index (χ3n) is 2.00. The first kappa shape index (κ1) is 12.4. The van der Waals surface area contributed by atoms with Crippen LogP contribution in [-0.2, 0) is 9.53 Å². The molecule has 0 bridgehead atoms. The normalized spacial score (nSPS) is 15.8. The Morgan fingerprint density at radius 2 is 2.00 bits per heavy atom. The first-order chi connectivity index (χ1) is 5.99. The van der Waals surface area contributed by atoms with Crippen molar-refractivity contribution in [2.75, 3.05) is 13.7 Å². The SMILES string of the molecule is COC(C)CNC(C(N)=O)C(C)C. The van der Waals surface area contributed by atoms with E-state index in [0.717, 1.165) is 0 Å². The van der Waals surface area contributed by atoms with Crippen LogP contribution in [0.2, 0.25) is 0 Å². The Morgan fingerprint density at radius 3 is 2.31 bits per heavy atom. The molecule has 4 nitrogen and oxygen atoms in total. The van der Waals surface area contributed by atoms with Gasteiger partial charge in [0.2, 0.25) is 5.91 Å². The number of primary amides is 1. The van der Waals surface area contributed by atoms with Gasteiger partial charge in [-0.15, -0.1) is 0 Å². The molecule has 0 spiro atoms. The van der Waals surface area contributed by atoms with Gasteiger partial charge in [-0.1, -0.05) is 13.8 Å². The van der Waals surface area contributed by atoms with E-state index in [2.05, 4.69) is 5.32 Å². The van der Waals surface area contributed by atoms with Gasteiger partial charge in [0, 0.05) is 13.7 Å². The number of methoxy groups -OCH3 is 1. The van der Waals surface area contributed by atoms with Crippen LogP contribution in [0.1, 0.15) is 20.8 Å². The predicted octanol–water partition coefficient (Wildman–Crippen LogP) is 0.121. The van der Waals surface area contributed by atoms with E-state index in [1.54, 1.807) is 7.11 Å². The lowest BCUT2D eigenvalue weighted by molar-refractivity contribution is -0.121. The van der Waals surface area contributed by atoms with Crippen molar-refractivity contribution in [1.82, 2.24) is 5.32 Å². The van der Waals surface area contributed by atoms with Crippen molar-refractivity contribution in [1.29, 1.82) is 0 Å². The molecular weight excluding hydrogens is 168 g/mol. The predicted molar refractivity (Wildman–Crippen MR) is 52.3 cm³/mol. The molecule has 78 valence electrons. The molecule has 1 amide bonds. The summed E-state index contributed by atoms with van der Waals surface area (Å²) in [6.07, 6.45) is 0.0978. The molecule has 4 heteroatoms. The van der Waals surface area contributed by atoms with Crippen LogP contribution in [0.4, 0.5) is 0 Å². The molecule has 0 aliphatic rings. The first-order valence-corrected chi connectivity index (χ1v) is 4.54. The van der Waals surface area contributed by atoms with Gasteiger partial charge in [0.1, 0.15) is 0 Å². The molecule has 13 heavy (non-hydrogen) atoms. The third kappa shape index (κ3) is 4.85. The summed E-state index contributed by atoms with van der Waals surface area (Å²) in [7, 11) is 1.64. The van der Waals surface area contributed by atoms with Crippen molar-refractivity contribution >= 4 is 5.91 Å². The quantitative estimate of drug-likeness (QED) is 0.622. The van der Waals surface area contributed by atoms with E-state index in [4.69, 9.17) is 10.5 Å². The van der Waals surface area contributed by atoms with Crippen molar-refractivity contribution in [2.45, 2.75) is 32.9 Å². The average molecular weight is 188 g/mol. The molecule has 0 aliphatic heterocycles. The van der Waals surface area contributed by atoms with Gasteiger partial charge < -0.3 is 15.8 Å². The maximum atomic E-state index is 11.0. The fourth-order valence-electron chi connectivity index (χ4n) is 1.04. The topological polar surface area (TPSA) is 64.3 Å². The molecule has 3 N–H and O–H groups in total. The minimum atomic E-state index is -0.307. The van der Waals surface area contributed by atoms with Gasteiger partial charge in [-0.2, -0.15) is 0 Å². The van der Waals surface area contributed by atoms with Crippen LogP contribution in [0.25, 0.3) is 0 Å². The number of carbonyl (C=O) groups is 1. The van der Waals surface area contributed by atoms with E-state index in [1.165, 1.54) is 0 Å². The minimum absolute atomic E-state index is 0.0978. The molecule has 0 heterocycles. The molecule has 2 unspecified atom stereocenters. The van der Waals surface area contributed by atoms with E-state index in [9.17, 15) is 4.79 Å². The summed E-state index contributed by atoms with van der Waals surface area (Å²) >= 11 is 0. The number of rotatable bonds is 6. The maximum Gasteiger partial charge on any atom is 0.234 e. The lowest BCUT2D eigenvalue weighted by Crippen LogP contribution is -2.47. The van der Waals surface area contributed by atoms with Crippen molar-refractivity contribution in [3.63, 3.8) is 0 Å². The molecule has 0 aliphatic carbocycles. The number of nitrogens with one attached hydrogen (secondary N) is 1. The molecule has 0 saturated heterocycles. The second-order valence-electron chi connectivity index (χ2n) is 3.58. The van der Waals surface area contributed by atoms with Gasteiger partial charge in [-0.05, 0) is 12.8 Å². The van der Waals surface area contributed by atoms with Crippen molar-refractivity contribution in [3.8, 4) is 0 Å². The Morgan fingerprint density at radius 1 is 1.46 bits per heavy atom. The number of nitrogens with two attached hydrogens (primary N) is 1. The highest BCUT2D eigenvalue weighted by Gasteiger charge is 2.18. The molecular formula is C9H20N2O2. The van der Waals surface area contributed by atoms with Crippen molar-refractivity contribution in [2.24, 2.45) is 11.7 Å². The zero-order valence-electron chi connectivity index (χ0n) is 8.83. The largest absolute Gasteiger partial charge is 0.380 e. The summed E-state index contributed by atoms with van der Waals surface area (Å²) in [5.74, 6) is -0.0974. The van der Waals surface area contributed by atoms with Crippen molar-refractivity contribution in [3.05, 3.63) is 0 Å². The zero-order valence-corrected chi connectivity index (χ0v) is 8.83. The van der Waals surface area contributed by atoms with Gasteiger partial charge in [0.05, 0.1) is 12.1 Å².